The lowest BCUT2D eigenvalue weighted by Crippen LogP contribution is -2.32. The van der Waals surface area contributed by atoms with Crippen LogP contribution in [0, 0.1) is 5.92 Å². The first-order valence-corrected chi connectivity index (χ1v) is 8.12. The van der Waals surface area contributed by atoms with Crippen molar-refractivity contribution in [3.8, 4) is 0 Å². The standard InChI is InChI=1S/C15H23N3OS/c1-4-16-12(8-11(2)3)9-15-17-14(18-19-15)10-13-6-5-7-20-13/h5-7,11-12,16H,4,8-10H2,1-3H3. The third-order valence-corrected chi connectivity index (χ3v) is 3.97. The van der Waals surface area contributed by atoms with Crippen molar-refractivity contribution in [1.29, 1.82) is 0 Å². The van der Waals surface area contributed by atoms with Crippen LogP contribution in [0.5, 0.6) is 0 Å². The molecule has 0 saturated heterocycles. The summed E-state index contributed by atoms with van der Waals surface area (Å²) in [6, 6.07) is 4.56. The number of rotatable bonds is 8. The molecule has 0 aliphatic carbocycles. The fourth-order valence-electron chi connectivity index (χ4n) is 2.32. The molecule has 0 spiro atoms. The Morgan fingerprint density at radius 3 is 2.90 bits per heavy atom. The number of hydrogen-bond donors (Lipinski definition) is 1. The third kappa shape index (κ3) is 4.72. The summed E-state index contributed by atoms with van der Waals surface area (Å²) in [7, 11) is 0. The number of aromatic nitrogens is 2. The lowest BCUT2D eigenvalue weighted by atomic mass is 10.0. The van der Waals surface area contributed by atoms with Crippen LogP contribution >= 0.6 is 11.3 Å². The molecular formula is C15H23N3OS. The van der Waals surface area contributed by atoms with E-state index >= 15 is 0 Å². The van der Waals surface area contributed by atoms with Gasteiger partial charge in [-0.15, -0.1) is 11.3 Å². The molecular weight excluding hydrogens is 270 g/mol. The van der Waals surface area contributed by atoms with Gasteiger partial charge in [-0.1, -0.05) is 32.0 Å². The van der Waals surface area contributed by atoms with Gasteiger partial charge < -0.3 is 9.84 Å². The molecule has 1 N–H and O–H groups in total. The van der Waals surface area contributed by atoms with Gasteiger partial charge in [-0.3, -0.25) is 0 Å². The van der Waals surface area contributed by atoms with E-state index in [2.05, 4.69) is 47.7 Å². The van der Waals surface area contributed by atoms with Crippen molar-refractivity contribution in [3.63, 3.8) is 0 Å². The predicted molar refractivity (Wildman–Crippen MR) is 82.0 cm³/mol. The second-order valence-corrected chi connectivity index (χ2v) is 6.48. The van der Waals surface area contributed by atoms with E-state index in [1.165, 1.54) is 4.88 Å². The van der Waals surface area contributed by atoms with Crippen LogP contribution < -0.4 is 5.32 Å². The molecule has 2 heterocycles. The lowest BCUT2D eigenvalue weighted by Gasteiger charge is -2.17. The topological polar surface area (TPSA) is 51.0 Å². The van der Waals surface area contributed by atoms with Gasteiger partial charge in [0.15, 0.2) is 5.82 Å². The number of nitrogens with zero attached hydrogens (tertiary/aromatic N) is 2. The summed E-state index contributed by atoms with van der Waals surface area (Å²) < 4.78 is 5.38. The molecule has 0 amide bonds. The molecule has 2 aromatic rings. The Bertz CT molecular complexity index is 493. The summed E-state index contributed by atoms with van der Waals surface area (Å²) in [5.41, 5.74) is 0. The van der Waals surface area contributed by atoms with Crippen LogP contribution in [0.3, 0.4) is 0 Å². The molecule has 20 heavy (non-hydrogen) atoms. The monoisotopic (exact) mass is 293 g/mol. The summed E-state index contributed by atoms with van der Waals surface area (Å²) in [5.74, 6) is 2.18. The SMILES string of the molecule is CCNC(Cc1nc(Cc2cccs2)no1)CC(C)C. The third-order valence-electron chi connectivity index (χ3n) is 3.09. The second kappa shape index (κ2) is 7.55. The Balaban J connectivity index is 1.93. The molecule has 0 aliphatic heterocycles. The molecule has 5 heteroatoms. The van der Waals surface area contributed by atoms with Crippen LogP contribution in [-0.4, -0.2) is 22.7 Å². The van der Waals surface area contributed by atoms with E-state index in [1.807, 2.05) is 6.07 Å². The maximum atomic E-state index is 5.38. The van der Waals surface area contributed by atoms with Crippen molar-refractivity contribution >= 4 is 11.3 Å². The first-order chi connectivity index (χ1) is 9.67. The smallest absolute Gasteiger partial charge is 0.228 e. The van der Waals surface area contributed by atoms with Crippen LogP contribution in [0.2, 0.25) is 0 Å². The number of hydrogen-bond acceptors (Lipinski definition) is 5. The Labute approximate surface area is 124 Å². The average Bonchev–Trinajstić information content (AvgIpc) is 3.01. The molecule has 0 bridgehead atoms. The number of thiophene rings is 1. The second-order valence-electron chi connectivity index (χ2n) is 5.45. The first kappa shape index (κ1) is 15.2. The molecule has 1 atom stereocenters. The van der Waals surface area contributed by atoms with Crippen molar-refractivity contribution < 1.29 is 4.52 Å². The van der Waals surface area contributed by atoms with E-state index in [1.54, 1.807) is 11.3 Å². The summed E-state index contributed by atoms with van der Waals surface area (Å²) >= 11 is 1.72. The van der Waals surface area contributed by atoms with Crippen molar-refractivity contribution in [1.82, 2.24) is 15.5 Å². The summed E-state index contributed by atoms with van der Waals surface area (Å²) in [6.45, 7) is 7.57. The largest absolute Gasteiger partial charge is 0.339 e. The van der Waals surface area contributed by atoms with E-state index in [4.69, 9.17) is 4.52 Å². The molecule has 110 valence electrons. The normalized spacial score (nSPS) is 13.0. The molecule has 4 nitrogen and oxygen atoms in total. The quantitative estimate of drug-likeness (QED) is 0.811. The fourth-order valence-corrected chi connectivity index (χ4v) is 3.02. The van der Waals surface area contributed by atoms with Crippen LogP contribution in [-0.2, 0) is 12.8 Å². The molecule has 1 unspecified atom stereocenters. The Morgan fingerprint density at radius 2 is 2.25 bits per heavy atom. The highest BCUT2D eigenvalue weighted by molar-refractivity contribution is 7.09. The zero-order valence-corrected chi connectivity index (χ0v) is 13.2. The van der Waals surface area contributed by atoms with Crippen molar-refractivity contribution in [2.75, 3.05) is 6.54 Å². The number of nitrogens with one attached hydrogen (secondary N) is 1. The molecule has 2 rings (SSSR count). The highest BCUT2D eigenvalue weighted by Gasteiger charge is 2.15. The number of likely N-dealkylation sites (N-methyl/N-ethyl adjacent to an activating group) is 1. The van der Waals surface area contributed by atoms with Gasteiger partial charge in [-0.2, -0.15) is 4.98 Å². The van der Waals surface area contributed by atoms with Gasteiger partial charge in [0, 0.05) is 23.8 Å². The van der Waals surface area contributed by atoms with E-state index in [0.717, 1.165) is 37.5 Å². The van der Waals surface area contributed by atoms with E-state index in [0.29, 0.717) is 12.0 Å². The Kier molecular flexibility index (Phi) is 5.73. The van der Waals surface area contributed by atoms with Gasteiger partial charge in [0.2, 0.25) is 5.89 Å². The summed E-state index contributed by atoms with van der Waals surface area (Å²) in [5, 5.41) is 9.64. The maximum Gasteiger partial charge on any atom is 0.228 e. The molecule has 0 aliphatic rings. The molecule has 0 fully saturated rings. The summed E-state index contributed by atoms with van der Waals surface area (Å²) in [6.07, 6.45) is 2.69. The van der Waals surface area contributed by atoms with Crippen molar-refractivity contribution in [3.05, 3.63) is 34.1 Å². The van der Waals surface area contributed by atoms with Crippen LogP contribution in [0.15, 0.2) is 22.0 Å². The fraction of sp³-hybridized carbons (Fsp3) is 0.600. The van der Waals surface area contributed by atoms with Crippen molar-refractivity contribution in [2.45, 2.75) is 46.1 Å². The molecule has 0 aromatic carbocycles. The molecule has 0 saturated carbocycles. The van der Waals surface area contributed by atoms with E-state index < -0.39 is 0 Å². The zero-order chi connectivity index (χ0) is 14.4. The Hall–Kier alpha value is -1.20. The van der Waals surface area contributed by atoms with Crippen LogP contribution in [0.4, 0.5) is 0 Å². The molecule has 2 aromatic heterocycles. The van der Waals surface area contributed by atoms with E-state index in [-0.39, 0.29) is 0 Å². The highest BCUT2D eigenvalue weighted by Crippen LogP contribution is 2.14. The van der Waals surface area contributed by atoms with Gasteiger partial charge in [-0.25, -0.2) is 0 Å². The lowest BCUT2D eigenvalue weighted by molar-refractivity contribution is 0.338. The average molecular weight is 293 g/mol. The Morgan fingerprint density at radius 1 is 1.40 bits per heavy atom. The highest BCUT2D eigenvalue weighted by atomic mass is 32.1. The minimum absolute atomic E-state index is 0.412. The van der Waals surface area contributed by atoms with E-state index in [9.17, 15) is 0 Å². The van der Waals surface area contributed by atoms with Gasteiger partial charge in [0.05, 0.1) is 0 Å². The maximum absolute atomic E-state index is 5.38. The zero-order valence-electron chi connectivity index (χ0n) is 12.4. The van der Waals surface area contributed by atoms with Gasteiger partial charge in [0.25, 0.3) is 0 Å². The minimum atomic E-state index is 0.412. The predicted octanol–water partition coefficient (Wildman–Crippen LogP) is 3.29. The van der Waals surface area contributed by atoms with Gasteiger partial charge >= 0.3 is 0 Å². The van der Waals surface area contributed by atoms with Crippen molar-refractivity contribution in [2.24, 2.45) is 5.92 Å². The summed E-state index contributed by atoms with van der Waals surface area (Å²) in [4.78, 5) is 5.77. The van der Waals surface area contributed by atoms with Crippen LogP contribution in [0.1, 0.15) is 43.8 Å². The van der Waals surface area contributed by atoms with Crippen LogP contribution in [0.25, 0.3) is 0 Å². The molecule has 0 radical (unpaired) electrons. The van der Waals surface area contributed by atoms with Gasteiger partial charge in [0.1, 0.15) is 0 Å². The first-order valence-electron chi connectivity index (χ1n) is 7.24. The minimum Gasteiger partial charge on any atom is -0.339 e. The van der Waals surface area contributed by atoms with Gasteiger partial charge in [-0.05, 0) is 30.3 Å².